The Morgan fingerprint density at radius 2 is 1.74 bits per heavy atom. The van der Waals surface area contributed by atoms with Crippen LogP contribution < -0.4 is 10.1 Å². The zero-order valence-corrected chi connectivity index (χ0v) is 23.1. The molecule has 216 valence electrons. The van der Waals surface area contributed by atoms with E-state index < -0.39 is 36.4 Å². The number of carbonyl (C=O) groups is 4. The van der Waals surface area contributed by atoms with Gasteiger partial charge in [-0.15, -0.1) is 0 Å². The van der Waals surface area contributed by atoms with E-state index in [4.69, 9.17) is 16.3 Å². The summed E-state index contributed by atoms with van der Waals surface area (Å²) in [7, 11) is 0. The summed E-state index contributed by atoms with van der Waals surface area (Å²) in [6.07, 6.45) is -1.22. The van der Waals surface area contributed by atoms with Crippen LogP contribution in [0.25, 0.3) is 11.1 Å². The molecule has 8 nitrogen and oxygen atoms in total. The molecule has 0 aliphatic carbocycles. The minimum Gasteiger partial charge on any atom is -0.484 e. The average Bonchev–Trinajstić information content (AvgIpc) is 3.29. The van der Waals surface area contributed by atoms with Crippen LogP contribution in [0.2, 0.25) is 5.02 Å². The van der Waals surface area contributed by atoms with E-state index in [2.05, 4.69) is 5.32 Å². The smallest absolute Gasteiger partial charge is 0.301 e. The van der Waals surface area contributed by atoms with Gasteiger partial charge in [-0.05, 0) is 59.5 Å². The standard InChI is InChI=1S/C31H26ClF2N3O5/c32-20-7-5-18(6-8-20)22-3-1-2-4-24(22)29(40)36-14-13-26(31(33,34)17-36)42-21-9-10-23-19(15-21)16-37(30(23)41)25-11-12-27(38)35-28(25)39/h1-10,15,25-26H,11-14,16-17H2,(H,35,38,39)/t25?,26-/m0/s1. The maximum atomic E-state index is 15.4. The lowest BCUT2D eigenvalue weighted by atomic mass is 9.97. The lowest BCUT2D eigenvalue weighted by Crippen LogP contribution is -2.55. The Morgan fingerprint density at radius 1 is 0.976 bits per heavy atom. The average molecular weight is 594 g/mol. The molecule has 0 saturated carbocycles. The Balaban J connectivity index is 1.14. The molecule has 3 aliphatic rings. The van der Waals surface area contributed by atoms with Crippen LogP contribution >= 0.6 is 11.6 Å². The van der Waals surface area contributed by atoms with Crippen molar-refractivity contribution in [3.8, 4) is 16.9 Å². The number of fused-ring (bicyclic) bond motifs is 1. The van der Waals surface area contributed by atoms with Gasteiger partial charge in [0.1, 0.15) is 11.8 Å². The lowest BCUT2D eigenvalue weighted by Gasteiger charge is -2.38. The van der Waals surface area contributed by atoms with Crippen LogP contribution in [-0.2, 0) is 16.1 Å². The highest BCUT2D eigenvalue weighted by Crippen LogP contribution is 2.35. The van der Waals surface area contributed by atoms with E-state index in [9.17, 15) is 19.2 Å². The van der Waals surface area contributed by atoms with E-state index >= 15 is 8.78 Å². The lowest BCUT2D eigenvalue weighted by molar-refractivity contribution is -0.136. The van der Waals surface area contributed by atoms with Crippen molar-refractivity contribution in [1.29, 1.82) is 0 Å². The van der Waals surface area contributed by atoms with Crippen molar-refractivity contribution in [3.63, 3.8) is 0 Å². The third-order valence-electron chi connectivity index (χ3n) is 7.91. The van der Waals surface area contributed by atoms with E-state index in [1.54, 1.807) is 48.5 Å². The fraction of sp³-hybridized carbons (Fsp3) is 0.290. The van der Waals surface area contributed by atoms with Crippen molar-refractivity contribution in [1.82, 2.24) is 15.1 Å². The van der Waals surface area contributed by atoms with E-state index in [0.29, 0.717) is 27.3 Å². The monoisotopic (exact) mass is 593 g/mol. The summed E-state index contributed by atoms with van der Waals surface area (Å²) in [4.78, 5) is 52.7. The Morgan fingerprint density at radius 3 is 2.48 bits per heavy atom. The molecule has 2 atom stereocenters. The predicted molar refractivity (Wildman–Crippen MR) is 149 cm³/mol. The zero-order chi connectivity index (χ0) is 29.6. The van der Waals surface area contributed by atoms with Crippen LogP contribution in [0.15, 0.2) is 66.7 Å². The van der Waals surface area contributed by atoms with Crippen molar-refractivity contribution in [2.75, 3.05) is 13.1 Å². The van der Waals surface area contributed by atoms with Crippen LogP contribution in [0.1, 0.15) is 45.5 Å². The normalized spacial score (nSPS) is 21.6. The van der Waals surface area contributed by atoms with Crippen molar-refractivity contribution >= 4 is 35.2 Å². The Labute approximate surface area is 245 Å². The van der Waals surface area contributed by atoms with Crippen LogP contribution in [0.4, 0.5) is 8.78 Å². The van der Waals surface area contributed by atoms with Crippen molar-refractivity contribution in [3.05, 3.63) is 88.4 Å². The van der Waals surface area contributed by atoms with Gasteiger partial charge in [-0.3, -0.25) is 24.5 Å². The fourth-order valence-corrected chi connectivity index (χ4v) is 5.87. The molecule has 6 rings (SSSR count). The molecular weight excluding hydrogens is 568 g/mol. The Hall–Kier alpha value is -4.31. The number of likely N-dealkylation sites (tertiary alicyclic amines) is 1. The molecule has 0 radical (unpaired) electrons. The van der Waals surface area contributed by atoms with Crippen LogP contribution in [-0.4, -0.2) is 64.6 Å². The number of amides is 4. The number of hydrogen-bond acceptors (Lipinski definition) is 5. The number of hydrogen-bond donors (Lipinski definition) is 1. The topological polar surface area (TPSA) is 96.0 Å². The van der Waals surface area contributed by atoms with Gasteiger partial charge in [0.15, 0.2) is 6.10 Å². The first-order chi connectivity index (χ1) is 20.1. The van der Waals surface area contributed by atoms with Gasteiger partial charge in [0, 0.05) is 42.1 Å². The molecule has 1 unspecified atom stereocenters. The largest absolute Gasteiger partial charge is 0.484 e. The van der Waals surface area contributed by atoms with Gasteiger partial charge in [0.2, 0.25) is 11.8 Å². The highest BCUT2D eigenvalue weighted by Gasteiger charge is 2.48. The first kappa shape index (κ1) is 27.8. The number of alkyl halides is 2. The van der Waals surface area contributed by atoms with Gasteiger partial charge in [-0.2, -0.15) is 0 Å². The van der Waals surface area contributed by atoms with Gasteiger partial charge >= 0.3 is 5.92 Å². The summed E-state index contributed by atoms with van der Waals surface area (Å²) in [5.74, 6) is -4.93. The van der Waals surface area contributed by atoms with Gasteiger partial charge in [-0.1, -0.05) is 41.9 Å². The second-order valence-corrected chi connectivity index (χ2v) is 11.1. The molecule has 1 N–H and O–H groups in total. The molecule has 2 saturated heterocycles. The molecule has 0 bridgehead atoms. The van der Waals surface area contributed by atoms with E-state index in [1.165, 1.54) is 23.1 Å². The number of rotatable bonds is 5. The number of nitrogens with one attached hydrogen (secondary N) is 1. The molecule has 4 amide bonds. The minimum absolute atomic E-state index is 0.0702. The zero-order valence-electron chi connectivity index (χ0n) is 22.3. The molecule has 3 heterocycles. The summed E-state index contributed by atoms with van der Waals surface area (Å²) in [6, 6.07) is 17.6. The van der Waals surface area contributed by atoms with Crippen LogP contribution in [0, 0.1) is 0 Å². The third-order valence-corrected chi connectivity index (χ3v) is 8.16. The highest BCUT2D eigenvalue weighted by molar-refractivity contribution is 6.30. The van der Waals surface area contributed by atoms with Gasteiger partial charge < -0.3 is 14.5 Å². The van der Waals surface area contributed by atoms with Gasteiger partial charge in [0.05, 0.1) is 6.54 Å². The molecule has 11 heteroatoms. The van der Waals surface area contributed by atoms with Crippen molar-refractivity contribution in [2.45, 2.75) is 43.9 Å². The highest BCUT2D eigenvalue weighted by atomic mass is 35.5. The molecule has 2 fully saturated rings. The summed E-state index contributed by atoms with van der Waals surface area (Å²) in [6.45, 7) is -0.632. The number of piperidine rings is 2. The summed E-state index contributed by atoms with van der Waals surface area (Å²) >= 11 is 6.00. The second-order valence-electron chi connectivity index (χ2n) is 10.7. The number of nitrogens with zero attached hydrogens (tertiary/aromatic N) is 2. The molecule has 3 aliphatic heterocycles. The number of imide groups is 1. The maximum absolute atomic E-state index is 15.4. The Bertz CT molecular complexity index is 1600. The van der Waals surface area contributed by atoms with Crippen molar-refractivity contribution in [2.24, 2.45) is 0 Å². The van der Waals surface area contributed by atoms with Gasteiger partial charge in [0.25, 0.3) is 11.8 Å². The number of carbonyl (C=O) groups excluding carboxylic acids is 4. The quantitative estimate of drug-likeness (QED) is 0.433. The molecule has 0 aromatic heterocycles. The van der Waals surface area contributed by atoms with E-state index in [0.717, 1.165) is 10.5 Å². The number of halogens is 3. The first-order valence-electron chi connectivity index (χ1n) is 13.6. The van der Waals surface area contributed by atoms with E-state index in [-0.39, 0.29) is 49.9 Å². The summed E-state index contributed by atoms with van der Waals surface area (Å²) in [5.41, 5.74) is 2.61. The SMILES string of the molecule is O=C1CCC(N2Cc3cc(O[C@H]4CCN(C(=O)c5ccccc5-c5ccc(Cl)cc5)CC4(F)F)ccc3C2=O)C(=O)N1. The summed E-state index contributed by atoms with van der Waals surface area (Å²) < 4.78 is 36.5. The number of ether oxygens (including phenoxy) is 1. The molecule has 42 heavy (non-hydrogen) atoms. The minimum atomic E-state index is -3.34. The van der Waals surface area contributed by atoms with Crippen molar-refractivity contribution < 1.29 is 32.7 Å². The number of benzene rings is 3. The van der Waals surface area contributed by atoms with Gasteiger partial charge in [-0.25, -0.2) is 8.78 Å². The Kier molecular flexibility index (Phi) is 7.18. The van der Waals surface area contributed by atoms with Crippen LogP contribution in [0.5, 0.6) is 5.75 Å². The maximum Gasteiger partial charge on any atom is 0.301 e. The molecule has 0 spiro atoms. The third kappa shape index (κ3) is 5.22. The van der Waals surface area contributed by atoms with E-state index in [1.807, 2.05) is 0 Å². The second kappa shape index (κ2) is 10.8. The van der Waals surface area contributed by atoms with Crippen LogP contribution in [0.3, 0.4) is 0 Å². The molecule has 3 aromatic carbocycles. The summed E-state index contributed by atoms with van der Waals surface area (Å²) in [5, 5.41) is 2.80. The fourth-order valence-electron chi connectivity index (χ4n) is 5.75. The first-order valence-corrected chi connectivity index (χ1v) is 13.9. The predicted octanol–water partition coefficient (Wildman–Crippen LogP) is 4.70. The molecular formula is C31H26ClF2N3O5. The molecule has 3 aromatic rings.